The Morgan fingerprint density at radius 3 is 2.43 bits per heavy atom. The molecule has 0 bridgehead atoms. The number of para-hydroxylation sites is 1. The third-order valence-corrected chi connectivity index (χ3v) is 9.15. The molecule has 218 valence electrons. The van der Waals surface area contributed by atoms with E-state index < -0.39 is 0 Å². The number of benzene rings is 3. The zero-order valence-corrected chi connectivity index (χ0v) is 26.6. The van der Waals surface area contributed by atoms with Gasteiger partial charge < -0.3 is 10.2 Å². The maximum absolute atomic E-state index is 13.6. The van der Waals surface area contributed by atoms with Gasteiger partial charge in [-0.2, -0.15) is 0 Å². The molecule has 2 amide bonds. The van der Waals surface area contributed by atoms with Crippen LogP contribution in [0.1, 0.15) is 16.7 Å². The first kappa shape index (κ1) is 30.3. The summed E-state index contributed by atoms with van der Waals surface area (Å²) in [5.41, 5.74) is 4.09. The number of fused-ring (bicyclic) bond motifs is 1. The second-order valence-electron chi connectivity index (χ2n) is 10.3. The first-order valence-electron chi connectivity index (χ1n) is 13.6. The number of aryl methyl sites for hydroxylation is 2. The van der Waals surface area contributed by atoms with E-state index in [0.717, 1.165) is 26.9 Å². The molecular weight excluding hydrogens is 638 g/mol. The predicted molar refractivity (Wildman–Crippen MR) is 173 cm³/mol. The van der Waals surface area contributed by atoms with Crippen molar-refractivity contribution in [2.75, 3.05) is 43.8 Å². The lowest BCUT2D eigenvalue weighted by Gasteiger charge is -2.34. The highest BCUT2D eigenvalue weighted by Gasteiger charge is 2.24. The summed E-state index contributed by atoms with van der Waals surface area (Å²) in [7, 11) is 0. The molecule has 1 aromatic heterocycles. The molecule has 0 spiro atoms. The van der Waals surface area contributed by atoms with E-state index in [1.807, 2.05) is 61.2 Å². The van der Waals surface area contributed by atoms with Crippen LogP contribution in [0.5, 0.6) is 0 Å². The molecule has 0 unspecified atom stereocenters. The molecule has 0 saturated carbocycles. The van der Waals surface area contributed by atoms with Crippen LogP contribution in [-0.2, 0) is 16.1 Å². The number of nitrogens with zero attached hydrogens (tertiary/aromatic N) is 4. The molecule has 8 nitrogen and oxygen atoms in total. The predicted octanol–water partition coefficient (Wildman–Crippen LogP) is 5.35. The maximum Gasteiger partial charge on any atom is 0.262 e. The maximum atomic E-state index is 13.6. The number of halogens is 2. The fourth-order valence-electron chi connectivity index (χ4n) is 4.99. The summed E-state index contributed by atoms with van der Waals surface area (Å²) >= 11 is 11.1. The SMILES string of the molecule is Cc1cccc(C)c1NC(=O)CN1CCN(C(=O)CSc2nc3ccc(Br)cc3c(=O)n2Cc2ccccc2Cl)CC1. The normalized spacial score (nSPS) is 13.9. The summed E-state index contributed by atoms with van der Waals surface area (Å²) in [5.74, 6) is 0.0482. The van der Waals surface area contributed by atoms with Crippen molar-refractivity contribution >= 4 is 67.7 Å². The number of carbonyl (C=O) groups excluding carboxylic acids is 2. The molecule has 0 radical (unpaired) electrons. The van der Waals surface area contributed by atoms with E-state index in [-0.39, 0.29) is 36.2 Å². The molecule has 42 heavy (non-hydrogen) atoms. The molecule has 11 heteroatoms. The molecule has 1 N–H and O–H groups in total. The van der Waals surface area contributed by atoms with Crippen LogP contribution >= 0.6 is 39.3 Å². The van der Waals surface area contributed by atoms with Crippen LogP contribution in [-0.4, -0.2) is 69.6 Å². The molecule has 1 aliphatic rings. The number of piperazine rings is 1. The van der Waals surface area contributed by atoms with Crippen LogP contribution in [0.25, 0.3) is 10.9 Å². The standard InChI is InChI=1S/C31H31BrClN5O3S/c1-20-6-5-7-21(2)29(20)35-27(39)18-36-12-14-37(15-13-36)28(40)19-42-31-34-26-11-10-23(32)16-24(26)30(41)38(31)17-22-8-3-4-9-25(22)33/h3-11,16H,12-15,17-19H2,1-2H3,(H,35,39). The highest BCUT2D eigenvalue weighted by atomic mass is 79.9. The Kier molecular flexibility index (Phi) is 9.67. The highest BCUT2D eigenvalue weighted by Crippen LogP contribution is 2.24. The molecule has 0 aliphatic carbocycles. The zero-order chi connectivity index (χ0) is 29.8. The molecule has 5 rings (SSSR count). The first-order valence-corrected chi connectivity index (χ1v) is 15.8. The largest absolute Gasteiger partial charge is 0.339 e. The van der Waals surface area contributed by atoms with Gasteiger partial charge in [0.25, 0.3) is 5.56 Å². The number of carbonyl (C=O) groups is 2. The Bertz CT molecular complexity index is 1680. The van der Waals surface area contributed by atoms with Gasteiger partial charge in [-0.3, -0.25) is 23.9 Å². The highest BCUT2D eigenvalue weighted by molar-refractivity contribution is 9.10. The van der Waals surface area contributed by atoms with Crippen molar-refractivity contribution in [2.45, 2.75) is 25.5 Å². The Morgan fingerprint density at radius 1 is 1.00 bits per heavy atom. The Morgan fingerprint density at radius 2 is 1.71 bits per heavy atom. The van der Waals surface area contributed by atoms with E-state index in [9.17, 15) is 14.4 Å². The van der Waals surface area contributed by atoms with Crippen LogP contribution in [0, 0.1) is 13.8 Å². The molecule has 0 atom stereocenters. The van der Waals surface area contributed by atoms with Crippen LogP contribution < -0.4 is 10.9 Å². The quantitative estimate of drug-likeness (QED) is 0.201. The summed E-state index contributed by atoms with van der Waals surface area (Å²) in [6, 6.07) is 18.7. The van der Waals surface area contributed by atoms with Gasteiger partial charge in [0.1, 0.15) is 0 Å². The fourth-order valence-corrected chi connectivity index (χ4v) is 6.44. The summed E-state index contributed by atoms with van der Waals surface area (Å²) in [6.45, 7) is 6.75. The lowest BCUT2D eigenvalue weighted by atomic mass is 10.1. The van der Waals surface area contributed by atoms with E-state index in [0.29, 0.717) is 47.3 Å². The number of hydrogen-bond acceptors (Lipinski definition) is 6. The number of thioether (sulfide) groups is 1. The van der Waals surface area contributed by atoms with Crippen LogP contribution in [0.4, 0.5) is 5.69 Å². The van der Waals surface area contributed by atoms with E-state index in [4.69, 9.17) is 16.6 Å². The Balaban J connectivity index is 1.23. The second kappa shape index (κ2) is 13.4. The smallest absolute Gasteiger partial charge is 0.262 e. The Hall–Kier alpha value is -3.18. The van der Waals surface area contributed by atoms with Gasteiger partial charge in [0, 0.05) is 41.4 Å². The minimum absolute atomic E-state index is 0.0333. The fraction of sp³-hybridized carbons (Fsp3) is 0.290. The number of amides is 2. The van der Waals surface area contributed by atoms with Gasteiger partial charge in [-0.05, 0) is 54.8 Å². The molecule has 1 fully saturated rings. The number of anilines is 1. The molecule has 1 aliphatic heterocycles. The average molecular weight is 669 g/mol. The monoisotopic (exact) mass is 667 g/mol. The van der Waals surface area contributed by atoms with Gasteiger partial charge >= 0.3 is 0 Å². The molecule has 2 heterocycles. The van der Waals surface area contributed by atoms with Gasteiger partial charge in [-0.25, -0.2) is 4.98 Å². The van der Waals surface area contributed by atoms with Crippen LogP contribution in [0.15, 0.2) is 75.1 Å². The molecule has 3 aromatic carbocycles. The zero-order valence-electron chi connectivity index (χ0n) is 23.4. The van der Waals surface area contributed by atoms with E-state index >= 15 is 0 Å². The third kappa shape index (κ3) is 7.06. The van der Waals surface area contributed by atoms with Crippen LogP contribution in [0.2, 0.25) is 5.02 Å². The Labute approximate surface area is 262 Å². The van der Waals surface area contributed by atoms with Gasteiger partial charge in [-0.15, -0.1) is 0 Å². The van der Waals surface area contributed by atoms with Gasteiger partial charge in [0.2, 0.25) is 11.8 Å². The molecule has 4 aromatic rings. The van der Waals surface area contributed by atoms with Gasteiger partial charge in [0.05, 0.1) is 29.7 Å². The molecular formula is C31H31BrClN5O3S. The van der Waals surface area contributed by atoms with E-state index in [1.54, 1.807) is 22.8 Å². The lowest BCUT2D eigenvalue weighted by Crippen LogP contribution is -2.51. The number of aromatic nitrogens is 2. The topological polar surface area (TPSA) is 87.5 Å². The van der Waals surface area contributed by atoms with Crippen LogP contribution in [0.3, 0.4) is 0 Å². The lowest BCUT2D eigenvalue weighted by molar-refractivity contribution is -0.130. The van der Waals surface area contributed by atoms with E-state index in [1.165, 1.54) is 11.8 Å². The average Bonchev–Trinajstić information content (AvgIpc) is 2.97. The van der Waals surface area contributed by atoms with Crippen molar-refractivity contribution in [3.05, 3.63) is 97.2 Å². The summed E-state index contributed by atoms with van der Waals surface area (Å²) in [4.78, 5) is 48.1. The van der Waals surface area contributed by atoms with Crippen molar-refractivity contribution in [3.63, 3.8) is 0 Å². The number of hydrogen-bond donors (Lipinski definition) is 1. The third-order valence-electron chi connectivity index (χ3n) is 7.33. The van der Waals surface area contributed by atoms with E-state index in [2.05, 4.69) is 26.1 Å². The minimum Gasteiger partial charge on any atom is -0.339 e. The minimum atomic E-state index is -0.191. The second-order valence-corrected chi connectivity index (χ2v) is 12.6. The summed E-state index contributed by atoms with van der Waals surface area (Å²) < 4.78 is 2.37. The van der Waals surface area contributed by atoms with Crippen molar-refractivity contribution in [2.24, 2.45) is 0 Å². The van der Waals surface area contributed by atoms with Crippen molar-refractivity contribution in [1.82, 2.24) is 19.4 Å². The van der Waals surface area contributed by atoms with Gasteiger partial charge in [-0.1, -0.05) is 75.7 Å². The van der Waals surface area contributed by atoms with Crippen molar-refractivity contribution in [1.29, 1.82) is 0 Å². The van der Waals surface area contributed by atoms with Gasteiger partial charge in [0.15, 0.2) is 5.16 Å². The van der Waals surface area contributed by atoms with Crippen molar-refractivity contribution < 1.29 is 9.59 Å². The number of rotatable bonds is 8. The van der Waals surface area contributed by atoms with Crippen molar-refractivity contribution in [3.8, 4) is 0 Å². The summed E-state index contributed by atoms with van der Waals surface area (Å²) in [5, 5.41) is 4.55. The first-order chi connectivity index (χ1) is 20.2. The molecule has 1 saturated heterocycles. The number of nitrogens with one attached hydrogen (secondary N) is 1. The summed E-state index contributed by atoms with van der Waals surface area (Å²) in [6.07, 6.45) is 0.